The first-order valence-electron chi connectivity index (χ1n) is 5.45. The number of carbonyl (C=O) groups excluding carboxylic acids is 1. The Kier molecular flexibility index (Phi) is 3.39. The normalized spacial score (nSPS) is 10.7. The third-order valence-corrected chi connectivity index (χ3v) is 2.72. The Hall–Kier alpha value is -1.88. The quantitative estimate of drug-likeness (QED) is 0.480. The molecule has 0 aliphatic carbocycles. The fraction of sp³-hybridized carbons (Fsp3) is 0.250. The van der Waals surface area contributed by atoms with Gasteiger partial charge < -0.3 is 4.57 Å². The fourth-order valence-electron chi connectivity index (χ4n) is 1.86. The van der Waals surface area contributed by atoms with Crippen LogP contribution in [0.25, 0.3) is 10.9 Å². The number of nitrogens with one attached hydrogen (secondary N) is 1. The molecule has 0 saturated heterocycles. The van der Waals surface area contributed by atoms with E-state index in [1.54, 1.807) is 12.1 Å². The van der Waals surface area contributed by atoms with Crippen molar-refractivity contribution in [3.63, 3.8) is 0 Å². The van der Waals surface area contributed by atoms with Crippen LogP contribution in [0.5, 0.6) is 0 Å². The van der Waals surface area contributed by atoms with Crippen LogP contribution in [0.4, 0.5) is 4.39 Å². The van der Waals surface area contributed by atoms with Crippen molar-refractivity contribution in [2.75, 3.05) is 0 Å². The molecule has 2 rings (SSSR count). The van der Waals surface area contributed by atoms with Gasteiger partial charge in [-0.1, -0.05) is 6.07 Å². The number of fused-ring (bicyclic) bond motifs is 1. The summed E-state index contributed by atoms with van der Waals surface area (Å²) in [6.07, 6.45) is 2.86. The predicted octanol–water partition coefficient (Wildman–Crippen LogP) is 1.55. The molecule has 17 heavy (non-hydrogen) atoms. The van der Waals surface area contributed by atoms with Crippen LogP contribution in [-0.2, 0) is 11.3 Å². The Morgan fingerprint density at radius 1 is 1.41 bits per heavy atom. The molecule has 1 heterocycles. The molecule has 3 N–H and O–H groups in total. The lowest BCUT2D eigenvalue weighted by Gasteiger charge is -2.05. The maximum Gasteiger partial charge on any atom is 0.233 e. The second-order valence-electron chi connectivity index (χ2n) is 3.85. The van der Waals surface area contributed by atoms with Gasteiger partial charge in [0.1, 0.15) is 5.82 Å². The van der Waals surface area contributed by atoms with Crippen LogP contribution in [-0.4, -0.2) is 10.5 Å². The lowest BCUT2D eigenvalue weighted by atomic mass is 10.2. The van der Waals surface area contributed by atoms with Crippen molar-refractivity contribution in [2.45, 2.75) is 19.4 Å². The van der Waals surface area contributed by atoms with E-state index in [2.05, 4.69) is 5.43 Å². The molecule has 1 amide bonds. The second kappa shape index (κ2) is 4.97. The van der Waals surface area contributed by atoms with Gasteiger partial charge in [0.25, 0.3) is 0 Å². The highest BCUT2D eigenvalue weighted by Gasteiger charge is 2.05. The Labute approximate surface area is 98.2 Å². The number of aromatic nitrogens is 1. The van der Waals surface area contributed by atoms with Crippen LogP contribution in [0.2, 0.25) is 0 Å². The van der Waals surface area contributed by atoms with Gasteiger partial charge >= 0.3 is 0 Å². The molecular weight excluding hydrogens is 221 g/mol. The van der Waals surface area contributed by atoms with Gasteiger partial charge in [0, 0.05) is 24.5 Å². The zero-order valence-electron chi connectivity index (χ0n) is 9.32. The first kappa shape index (κ1) is 11.6. The average Bonchev–Trinajstić information content (AvgIpc) is 2.74. The zero-order chi connectivity index (χ0) is 12.3. The van der Waals surface area contributed by atoms with E-state index >= 15 is 0 Å². The third kappa shape index (κ3) is 2.45. The van der Waals surface area contributed by atoms with Crippen molar-refractivity contribution in [1.82, 2.24) is 9.99 Å². The number of halogens is 1. The summed E-state index contributed by atoms with van der Waals surface area (Å²) in [4.78, 5) is 11.0. The van der Waals surface area contributed by atoms with Crippen LogP contribution in [0.3, 0.4) is 0 Å². The summed E-state index contributed by atoms with van der Waals surface area (Å²) in [7, 11) is 0. The topological polar surface area (TPSA) is 60.0 Å². The molecule has 4 nitrogen and oxygen atoms in total. The number of carbonyl (C=O) groups is 1. The lowest BCUT2D eigenvalue weighted by Crippen LogP contribution is -2.29. The number of amides is 1. The lowest BCUT2D eigenvalue weighted by molar-refractivity contribution is -0.121. The first-order chi connectivity index (χ1) is 8.22. The molecule has 0 aliphatic rings. The van der Waals surface area contributed by atoms with Crippen LogP contribution in [0.15, 0.2) is 30.5 Å². The smallest absolute Gasteiger partial charge is 0.233 e. The second-order valence-corrected chi connectivity index (χ2v) is 3.85. The van der Waals surface area contributed by atoms with E-state index in [-0.39, 0.29) is 11.7 Å². The van der Waals surface area contributed by atoms with Gasteiger partial charge in [-0.2, -0.15) is 0 Å². The fourth-order valence-corrected chi connectivity index (χ4v) is 1.86. The van der Waals surface area contributed by atoms with Crippen molar-refractivity contribution < 1.29 is 9.18 Å². The summed E-state index contributed by atoms with van der Waals surface area (Å²) < 4.78 is 15.3. The maximum absolute atomic E-state index is 13.4. The Bertz CT molecular complexity index is 536. The third-order valence-electron chi connectivity index (χ3n) is 2.72. The van der Waals surface area contributed by atoms with Crippen LogP contribution in [0.1, 0.15) is 12.8 Å². The van der Waals surface area contributed by atoms with E-state index in [1.807, 2.05) is 16.8 Å². The van der Waals surface area contributed by atoms with E-state index < -0.39 is 0 Å². The number of nitrogens with two attached hydrogens (primary N) is 1. The minimum atomic E-state index is -0.221. The van der Waals surface area contributed by atoms with Gasteiger partial charge in [-0.05, 0) is 24.6 Å². The summed E-state index contributed by atoms with van der Waals surface area (Å²) in [6, 6.07) is 6.73. The molecule has 0 unspecified atom stereocenters. The molecule has 2 aromatic rings. The van der Waals surface area contributed by atoms with E-state index in [9.17, 15) is 9.18 Å². The van der Waals surface area contributed by atoms with E-state index in [1.165, 1.54) is 6.07 Å². The highest BCUT2D eigenvalue weighted by Crippen LogP contribution is 2.19. The number of nitrogens with zero attached hydrogens (tertiary/aromatic N) is 1. The molecule has 0 fully saturated rings. The summed E-state index contributed by atoms with van der Waals surface area (Å²) in [5.41, 5.74) is 2.93. The molecule has 0 radical (unpaired) electrons. The molecular formula is C12H14FN3O. The SMILES string of the molecule is NNC(=O)CCCn1ccc2c(F)cccc21. The van der Waals surface area contributed by atoms with Gasteiger partial charge in [0.05, 0.1) is 5.52 Å². The van der Waals surface area contributed by atoms with Crippen molar-refractivity contribution >= 4 is 16.8 Å². The van der Waals surface area contributed by atoms with Gasteiger partial charge in [-0.3, -0.25) is 10.2 Å². The summed E-state index contributed by atoms with van der Waals surface area (Å²) in [5, 5.41) is 0.607. The van der Waals surface area contributed by atoms with Gasteiger partial charge in [0.2, 0.25) is 5.91 Å². The Morgan fingerprint density at radius 3 is 3.00 bits per heavy atom. The van der Waals surface area contributed by atoms with Crippen molar-refractivity contribution in [3.05, 3.63) is 36.3 Å². The van der Waals surface area contributed by atoms with Crippen molar-refractivity contribution in [2.24, 2.45) is 5.84 Å². The standard InChI is InChI=1S/C12H14FN3O/c13-10-3-1-4-11-9(10)6-8-16(11)7-2-5-12(17)15-14/h1,3-4,6,8H,2,5,7,14H2,(H,15,17). The average molecular weight is 235 g/mol. The molecule has 1 aromatic carbocycles. The number of rotatable bonds is 4. The molecule has 90 valence electrons. The molecule has 0 bridgehead atoms. The van der Waals surface area contributed by atoms with Gasteiger partial charge in [-0.15, -0.1) is 0 Å². The molecule has 0 atom stereocenters. The monoisotopic (exact) mass is 235 g/mol. The summed E-state index contributed by atoms with van der Waals surface area (Å²) in [5.74, 6) is 4.58. The largest absolute Gasteiger partial charge is 0.347 e. The van der Waals surface area contributed by atoms with Crippen LogP contribution < -0.4 is 11.3 Å². The predicted molar refractivity (Wildman–Crippen MR) is 63.5 cm³/mol. The molecule has 1 aromatic heterocycles. The minimum absolute atomic E-state index is 0.187. The Balaban J connectivity index is 2.09. The van der Waals surface area contributed by atoms with Crippen molar-refractivity contribution in [3.8, 4) is 0 Å². The number of hydrogen-bond donors (Lipinski definition) is 2. The van der Waals surface area contributed by atoms with E-state index in [4.69, 9.17) is 5.84 Å². The molecule has 5 heteroatoms. The molecule has 0 saturated carbocycles. The number of benzene rings is 1. The van der Waals surface area contributed by atoms with Crippen molar-refractivity contribution in [1.29, 1.82) is 0 Å². The summed E-state index contributed by atoms with van der Waals surface area (Å²) >= 11 is 0. The minimum Gasteiger partial charge on any atom is -0.347 e. The number of aryl methyl sites for hydroxylation is 1. The Morgan fingerprint density at radius 2 is 2.24 bits per heavy atom. The molecule has 0 spiro atoms. The van der Waals surface area contributed by atoms with Gasteiger partial charge in [-0.25, -0.2) is 10.2 Å². The number of hydrogen-bond acceptors (Lipinski definition) is 2. The van der Waals surface area contributed by atoms with E-state index in [0.29, 0.717) is 24.8 Å². The number of hydrazine groups is 1. The van der Waals surface area contributed by atoms with Gasteiger partial charge in [0.15, 0.2) is 0 Å². The highest BCUT2D eigenvalue weighted by atomic mass is 19.1. The summed E-state index contributed by atoms with van der Waals surface area (Å²) in [6.45, 7) is 0.667. The van der Waals surface area contributed by atoms with Crippen LogP contribution >= 0.6 is 0 Å². The molecule has 0 aliphatic heterocycles. The van der Waals surface area contributed by atoms with E-state index in [0.717, 1.165) is 5.52 Å². The maximum atomic E-state index is 13.4. The van der Waals surface area contributed by atoms with Crippen LogP contribution in [0, 0.1) is 5.82 Å². The highest BCUT2D eigenvalue weighted by molar-refractivity contribution is 5.80. The zero-order valence-corrected chi connectivity index (χ0v) is 9.32. The first-order valence-corrected chi connectivity index (χ1v) is 5.45.